The average molecular weight is 591 g/mol. The normalized spacial score (nSPS) is 12.0. The van der Waals surface area contributed by atoms with Gasteiger partial charge in [0.25, 0.3) is 0 Å². The Morgan fingerprint density at radius 3 is 1.71 bits per heavy atom. The van der Waals surface area contributed by atoms with Gasteiger partial charge in [0.2, 0.25) is 0 Å². The molecule has 0 unspecified atom stereocenters. The first-order chi connectivity index (χ1) is 22.3. The number of hydrogen-bond donors (Lipinski definition) is 0. The Hall–Kier alpha value is -5.64. The molecule has 0 N–H and O–H groups in total. The van der Waals surface area contributed by atoms with Crippen LogP contribution in [0.25, 0.3) is 86.3 Å². The van der Waals surface area contributed by atoms with Gasteiger partial charge in [0.1, 0.15) is 0 Å². The molecule has 45 heavy (non-hydrogen) atoms. The van der Waals surface area contributed by atoms with Crippen LogP contribution in [0.3, 0.4) is 0 Å². The van der Waals surface area contributed by atoms with E-state index in [4.69, 9.17) is 0 Å². The monoisotopic (exact) mass is 590 g/mol. The van der Waals surface area contributed by atoms with Crippen LogP contribution in [0, 0.1) is 0 Å². The number of benzene rings is 7. The van der Waals surface area contributed by atoms with E-state index in [1.165, 1.54) is 86.3 Å². The molecule has 0 aliphatic carbocycles. The number of fused-ring (bicyclic) bond motifs is 9. The van der Waals surface area contributed by atoms with E-state index in [2.05, 4.69) is 167 Å². The second-order valence-corrected chi connectivity index (χ2v) is 12.9. The van der Waals surface area contributed by atoms with Crippen molar-refractivity contribution in [2.24, 2.45) is 0 Å². The highest BCUT2D eigenvalue weighted by Crippen LogP contribution is 2.40. The van der Waals surface area contributed by atoms with Crippen molar-refractivity contribution in [3.8, 4) is 22.5 Å². The minimum Gasteiger partial charge on any atom is -0.309 e. The molecule has 0 bridgehead atoms. The van der Waals surface area contributed by atoms with Crippen LogP contribution in [0.1, 0.15) is 0 Å². The quantitative estimate of drug-likeness (QED) is 0.194. The van der Waals surface area contributed by atoms with E-state index in [0.29, 0.717) is 0 Å². The number of hydrogen-bond acceptors (Lipinski definition) is 1. The zero-order valence-electron chi connectivity index (χ0n) is 24.3. The van der Waals surface area contributed by atoms with Crippen LogP contribution >= 0.6 is 11.3 Å². The van der Waals surface area contributed by atoms with Crippen LogP contribution in [-0.2, 0) is 0 Å². The van der Waals surface area contributed by atoms with E-state index < -0.39 is 0 Å². The van der Waals surface area contributed by atoms with E-state index in [-0.39, 0.29) is 0 Å². The van der Waals surface area contributed by atoms with Crippen LogP contribution in [0.5, 0.6) is 0 Å². The van der Waals surface area contributed by atoms with Gasteiger partial charge in [-0.2, -0.15) is 0 Å². The SMILES string of the molecule is c1ccc(-n2c3ccccc3c3ccc(-c4ccc5c(c4)c4ccccc4n5-c4ccc5sc6ccccc6c5c4)cc32)cc1. The summed E-state index contributed by atoms with van der Waals surface area (Å²) in [6.45, 7) is 0. The highest BCUT2D eigenvalue weighted by atomic mass is 32.1. The second-order valence-electron chi connectivity index (χ2n) is 11.8. The Balaban J connectivity index is 1.19. The van der Waals surface area contributed by atoms with Gasteiger partial charge in [-0.25, -0.2) is 0 Å². The van der Waals surface area contributed by atoms with E-state index >= 15 is 0 Å². The van der Waals surface area contributed by atoms with E-state index in [1.54, 1.807) is 0 Å². The van der Waals surface area contributed by atoms with Gasteiger partial charge >= 0.3 is 0 Å². The third kappa shape index (κ3) is 3.62. The number of rotatable bonds is 3. The standard InChI is InChI=1S/C42H26N2S/c1-2-10-29(11-3-1)43-37-15-7-4-12-31(37)33-21-18-28(25-40(33)43)27-19-22-39-35(24-27)32-13-5-8-16-38(32)44(39)30-20-23-42-36(26-30)34-14-6-9-17-41(34)45-42/h1-26H. The molecule has 7 aromatic carbocycles. The first-order valence-electron chi connectivity index (χ1n) is 15.4. The molecule has 10 aromatic rings. The first kappa shape index (κ1) is 24.8. The molecule has 0 radical (unpaired) electrons. The fourth-order valence-electron chi connectivity index (χ4n) is 7.29. The Morgan fingerprint density at radius 1 is 0.311 bits per heavy atom. The number of aromatic nitrogens is 2. The number of para-hydroxylation sites is 3. The third-order valence-corrected chi connectivity index (χ3v) is 10.5. The van der Waals surface area contributed by atoms with Crippen molar-refractivity contribution < 1.29 is 0 Å². The lowest BCUT2D eigenvalue weighted by atomic mass is 10.0. The van der Waals surface area contributed by atoms with Gasteiger partial charge in [0, 0.05) is 53.1 Å². The fraction of sp³-hybridized carbons (Fsp3) is 0. The highest BCUT2D eigenvalue weighted by molar-refractivity contribution is 7.25. The van der Waals surface area contributed by atoms with Gasteiger partial charge in [-0.05, 0) is 77.9 Å². The fourth-order valence-corrected chi connectivity index (χ4v) is 8.38. The predicted molar refractivity (Wildman–Crippen MR) is 193 cm³/mol. The van der Waals surface area contributed by atoms with Gasteiger partial charge in [-0.1, -0.05) is 91.0 Å². The van der Waals surface area contributed by atoms with Crippen LogP contribution in [0.15, 0.2) is 158 Å². The number of nitrogens with zero attached hydrogens (tertiary/aromatic N) is 2. The molecule has 2 nitrogen and oxygen atoms in total. The zero-order chi connectivity index (χ0) is 29.5. The van der Waals surface area contributed by atoms with E-state index in [0.717, 1.165) is 0 Å². The maximum atomic E-state index is 2.43. The predicted octanol–water partition coefficient (Wildman–Crippen LogP) is 11.9. The molecule has 0 saturated carbocycles. The lowest BCUT2D eigenvalue weighted by Gasteiger charge is -2.10. The van der Waals surface area contributed by atoms with Gasteiger partial charge in [0.15, 0.2) is 0 Å². The summed E-state index contributed by atoms with van der Waals surface area (Å²) in [7, 11) is 0. The van der Waals surface area contributed by atoms with Crippen molar-refractivity contribution >= 4 is 75.1 Å². The average Bonchev–Trinajstić information content (AvgIpc) is 3.75. The van der Waals surface area contributed by atoms with Crippen molar-refractivity contribution in [2.75, 3.05) is 0 Å². The summed E-state index contributed by atoms with van der Waals surface area (Å²) in [6.07, 6.45) is 0. The summed E-state index contributed by atoms with van der Waals surface area (Å²) in [6, 6.07) is 57.7. The molecule has 0 aliphatic heterocycles. The van der Waals surface area contributed by atoms with Crippen molar-refractivity contribution in [2.45, 2.75) is 0 Å². The summed E-state index contributed by atoms with van der Waals surface area (Å²) in [4.78, 5) is 0. The molecule has 3 aromatic heterocycles. The molecule has 0 atom stereocenters. The molecule has 0 fully saturated rings. The molecule has 3 heteroatoms. The lowest BCUT2D eigenvalue weighted by Crippen LogP contribution is -1.94. The summed E-state index contributed by atoms with van der Waals surface area (Å²) >= 11 is 1.86. The van der Waals surface area contributed by atoms with Crippen LogP contribution in [0.4, 0.5) is 0 Å². The van der Waals surface area contributed by atoms with Crippen LogP contribution < -0.4 is 0 Å². The Morgan fingerprint density at radius 2 is 0.889 bits per heavy atom. The van der Waals surface area contributed by atoms with Crippen LogP contribution in [-0.4, -0.2) is 9.13 Å². The summed E-state index contributed by atoms with van der Waals surface area (Å²) < 4.78 is 7.48. The van der Waals surface area contributed by atoms with Gasteiger partial charge < -0.3 is 9.13 Å². The molecule has 0 aliphatic rings. The Kier molecular flexibility index (Phi) is 5.19. The minimum absolute atomic E-state index is 1.18. The molecule has 3 heterocycles. The Labute approximate surface area is 263 Å². The smallest absolute Gasteiger partial charge is 0.0547 e. The minimum atomic E-state index is 1.18. The van der Waals surface area contributed by atoms with Crippen molar-refractivity contribution in [1.29, 1.82) is 0 Å². The Bertz CT molecular complexity index is 2760. The van der Waals surface area contributed by atoms with E-state index in [1.807, 2.05) is 11.3 Å². The van der Waals surface area contributed by atoms with E-state index in [9.17, 15) is 0 Å². The first-order valence-corrected chi connectivity index (χ1v) is 16.2. The summed E-state index contributed by atoms with van der Waals surface area (Å²) in [5.41, 5.74) is 9.70. The van der Waals surface area contributed by atoms with Crippen LogP contribution in [0.2, 0.25) is 0 Å². The molecule has 0 amide bonds. The highest BCUT2D eigenvalue weighted by Gasteiger charge is 2.16. The van der Waals surface area contributed by atoms with Gasteiger partial charge in [0.05, 0.1) is 22.1 Å². The summed E-state index contributed by atoms with van der Waals surface area (Å²) in [5, 5.41) is 7.72. The van der Waals surface area contributed by atoms with Crippen molar-refractivity contribution in [3.05, 3.63) is 158 Å². The third-order valence-electron chi connectivity index (χ3n) is 9.31. The molecular weight excluding hydrogens is 565 g/mol. The zero-order valence-corrected chi connectivity index (χ0v) is 25.1. The maximum absolute atomic E-state index is 2.43. The lowest BCUT2D eigenvalue weighted by molar-refractivity contribution is 1.18. The molecule has 0 saturated heterocycles. The molecule has 10 rings (SSSR count). The second kappa shape index (κ2) is 9.43. The largest absolute Gasteiger partial charge is 0.309 e. The molecular formula is C42H26N2S. The molecule has 0 spiro atoms. The van der Waals surface area contributed by atoms with Crippen molar-refractivity contribution in [3.63, 3.8) is 0 Å². The topological polar surface area (TPSA) is 9.86 Å². The maximum Gasteiger partial charge on any atom is 0.0547 e. The number of thiophene rings is 1. The molecule has 210 valence electrons. The van der Waals surface area contributed by atoms with Crippen molar-refractivity contribution in [1.82, 2.24) is 9.13 Å². The van der Waals surface area contributed by atoms with Gasteiger partial charge in [-0.15, -0.1) is 11.3 Å². The van der Waals surface area contributed by atoms with Gasteiger partial charge in [-0.3, -0.25) is 0 Å². The summed E-state index contributed by atoms with van der Waals surface area (Å²) in [5.74, 6) is 0.